The van der Waals surface area contributed by atoms with E-state index in [0.717, 1.165) is 38.8 Å². The second-order valence-electron chi connectivity index (χ2n) is 6.28. The summed E-state index contributed by atoms with van der Waals surface area (Å²) in [5.41, 5.74) is -0.0630. The molecule has 1 N–H and O–H groups in total. The number of nitrogens with one attached hydrogen (secondary N) is 1. The molecule has 7 heteroatoms. The summed E-state index contributed by atoms with van der Waals surface area (Å²) in [5, 5.41) is 2.27. The van der Waals surface area contributed by atoms with Gasteiger partial charge in [0.15, 0.2) is 5.88 Å². The fraction of sp³-hybridized carbons (Fsp3) is 0.500. The number of imide groups is 2. The Labute approximate surface area is 146 Å². The van der Waals surface area contributed by atoms with Crippen molar-refractivity contribution in [2.45, 2.75) is 45.6 Å². The van der Waals surface area contributed by atoms with E-state index in [4.69, 9.17) is 4.42 Å². The van der Waals surface area contributed by atoms with Crippen molar-refractivity contribution in [3.05, 3.63) is 23.5 Å². The first-order chi connectivity index (χ1) is 12.0. The van der Waals surface area contributed by atoms with Gasteiger partial charge in [0.2, 0.25) is 0 Å². The number of rotatable bonds is 5. The number of amides is 4. The van der Waals surface area contributed by atoms with E-state index in [2.05, 4.69) is 5.32 Å². The van der Waals surface area contributed by atoms with Gasteiger partial charge in [-0.25, -0.2) is 4.79 Å². The van der Waals surface area contributed by atoms with Crippen LogP contribution < -0.4 is 10.2 Å². The molecule has 2 aliphatic rings. The minimum Gasteiger partial charge on any atom is -0.441 e. The zero-order valence-corrected chi connectivity index (χ0v) is 14.6. The summed E-state index contributed by atoms with van der Waals surface area (Å²) < 4.78 is 5.73. The largest absolute Gasteiger partial charge is 0.441 e. The molecule has 1 aromatic heterocycles. The summed E-state index contributed by atoms with van der Waals surface area (Å²) in [7, 11) is 0. The lowest BCUT2D eigenvalue weighted by Gasteiger charge is -2.31. The highest BCUT2D eigenvalue weighted by atomic mass is 16.4. The van der Waals surface area contributed by atoms with Crippen LogP contribution in [0.4, 0.5) is 10.7 Å². The predicted octanol–water partition coefficient (Wildman–Crippen LogP) is 2.53. The topological polar surface area (TPSA) is 82.9 Å². The van der Waals surface area contributed by atoms with E-state index in [1.54, 1.807) is 6.07 Å². The SMILES string of the molecule is CCN(CC)c1ccc(/C=C2\C(=O)NC(=O)N(C3CCCC3)C2=O)o1. The van der Waals surface area contributed by atoms with Crippen LogP contribution in [0, 0.1) is 0 Å². The van der Waals surface area contributed by atoms with Crippen LogP contribution in [0.2, 0.25) is 0 Å². The average Bonchev–Trinajstić information content (AvgIpc) is 3.25. The van der Waals surface area contributed by atoms with Gasteiger partial charge in [0.25, 0.3) is 11.8 Å². The fourth-order valence-corrected chi connectivity index (χ4v) is 3.43. The number of hydrogen-bond donors (Lipinski definition) is 1. The minimum absolute atomic E-state index is 0.0630. The molecule has 2 fully saturated rings. The molecular weight excluding hydrogens is 322 g/mol. The van der Waals surface area contributed by atoms with Crippen LogP contribution in [0.3, 0.4) is 0 Å². The van der Waals surface area contributed by atoms with E-state index in [1.165, 1.54) is 11.0 Å². The van der Waals surface area contributed by atoms with Crippen molar-refractivity contribution in [2.24, 2.45) is 0 Å². The number of barbiturate groups is 1. The first-order valence-electron chi connectivity index (χ1n) is 8.80. The van der Waals surface area contributed by atoms with Gasteiger partial charge in [-0.05, 0) is 38.8 Å². The Hall–Kier alpha value is -2.57. The van der Waals surface area contributed by atoms with Gasteiger partial charge in [-0.2, -0.15) is 0 Å². The molecule has 4 amide bonds. The van der Waals surface area contributed by atoms with Crippen molar-refractivity contribution in [2.75, 3.05) is 18.0 Å². The van der Waals surface area contributed by atoms with Crippen LogP contribution in [0.25, 0.3) is 6.08 Å². The normalized spacial score (nSPS) is 20.5. The van der Waals surface area contributed by atoms with Crippen LogP contribution in [0.15, 0.2) is 22.1 Å². The second kappa shape index (κ2) is 7.13. The smallest absolute Gasteiger partial charge is 0.331 e. The van der Waals surface area contributed by atoms with Gasteiger partial charge >= 0.3 is 6.03 Å². The quantitative estimate of drug-likeness (QED) is 0.655. The van der Waals surface area contributed by atoms with Gasteiger partial charge in [0, 0.05) is 25.2 Å². The summed E-state index contributed by atoms with van der Waals surface area (Å²) in [6, 6.07) is 2.77. The predicted molar refractivity (Wildman–Crippen MR) is 92.9 cm³/mol. The highest BCUT2D eigenvalue weighted by molar-refractivity contribution is 6.31. The number of nitrogens with zero attached hydrogens (tertiary/aromatic N) is 2. The molecule has 1 aromatic rings. The number of hydrogen-bond acceptors (Lipinski definition) is 5. The first kappa shape index (κ1) is 17.3. The highest BCUT2D eigenvalue weighted by Crippen LogP contribution is 2.28. The summed E-state index contributed by atoms with van der Waals surface area (Å²) in [6.45, 7) is 5.63. The summed E-state index contributed by atoms with van der Waals surface area (Å²) in [4.78, 5) is 40.2. The standard InChI is InChI=1S/C18H23N3O4/c1-3-20(4-2)15-10-9-13(25-15)11-14-16(22)19-18(24)21(17(14)23)12-7-5-6-8-12/h9-12H,3-8H2,1-2H3,(H,19,22,24)/b14-11+. The molecule has 0 unspecified atom stereocenters. The minimum atomic E-state index is -0.676. The lowest BCUT2D eigenvalue weighted by molar-refractivity contribution is -0.131. The number of furan rings is 1. The molecule has 0 radical (unpaired) electrons. The zero-order chi connectivity index (χ0) is 18.0. The number of urea groups is 1. The number of carbonyl (C=O) groups excluding carboxylic acids is 3. The van der Waals surface area contributed by atoms with Crippen LogP contribution in [-0.4, -0.2) is 41.9 Å². The maximum absolute atomic E-state index is 12.7. The van der Waals surface area contributed by atoms with Gasteiger partial charge in [0.1, 0.15) is 11.3 Å². The van der Waals surface area contributed by atoms with Crippen molar-refractivity contribution in [1.82, 2.24) is 10.2 Å². The van der Waals surface area contributed by atoms with E-state index >= 15 is 0 Å². The molecule has 1 saturated carbocycles. The van der Waals surface area contributed by atoms with E-state index < -0.39 is 17.8 Å². The monoisotopic (exact) mass is 345 g/mol. The summed E-state index contributed by atoms with van der Waals surface area (Å²) in [6.07, 6.45) is 4.96. The van der Waals surface area contributed by atoms with Crippen LogP contribution >= 0.6 is 0 Å². The summed E-state index contributed by atoms with van der Waals surface area (Å²) in [5.74, 6) is -0.114. The maximum Gasteiger partial charge on any atom is 0.331 e. The number of anilines is 1. The molecule has 0 aromatic carbocycles. The Morgan fingerprint density at radius 1 is 1.20 bits per heavy atom. The van der Waals surface area contributed by atoms with Gasteiger partial charge < -0.3 is 9.32 Å². The molecule has 2 heterocycles. The summed E-state index contributed by atoms with van der Waals surface area (Å²) >= 11 is 0. The Bertz CT molecular complexity index is 712. The number of carbonyl (C=O) groups is 3. The van der Waals surface area contributed by atoms with Crippen molar-refractivity contribution in [1.29, 1.82) is 0 Å². The highest BCUT2D eigenvalue weighted by Gasteiger charge is 2.40. The maximum atomic E-state index is 12.7. The molecule has 3 rings (SSSR count). The lowest BCUT2D eigenvalue weighted by Crippen LogP contribution is -2.57. The van der Waals surface area contributed by atoms with Gasteiger partial charge in [-0.15, -0.1) is 0 Å². The third-order valence-electron chi connectivity index (χ3n) is 4.80. The Kier molecular flexibility index (Phi) is 4.92. The van der Waals surface area contributed by atoms with E-state index in [1.807, 2.05) is 24.8 Å². The Morgan fingerprint density at radius 2 is 1.88 bits per heavy atom. The molecule has 134 valence electrons. The van der Waals surface area contributed by atoms with Crippen molar-refractivity contribution < 1.29 is 18.8 Å². The average molecular weight is 345 g/mol. The van der Waals surface area contributed by atoms with Crippen LogP contribution in [0.1, 0.15) is 45.3 Å². The third-order valence-corrected chi connectivity index (χ3v) is 4.80. The third kappa shape index (κ3) is 3.31. The Morgan fingerprint density at radius 3 is 2.52 bits per heavy atom. The van der Waals surface area contributed by atoms with E-state index in [9.17, 15) is 14.4 Å². The molecule has 0 atom stereocenters. The van der Waals surface area contributed by atoms with Gasteiger partial charge in [-0.1, -0.05) is 12.8 Å². The molecule has 1 saturated heterocycles. The van der Waals surface area contributed by atoms with Gasteiger partial charge in [-0.3, -0.25) is 19.8 Å². The second-order valence-corrected chi connectivity index (χ2v) is 6.28. The molecule has 1 aliphatic carbocycles. The zero-order valence-electron chi connectivity index (χ0n) is 14.6. The van der Waals surface area contributed by atoms with Crippen molar-refractivity contribution in [3.8, 4) is 0 Å². The fourth-order valence-electron chi connectivity index (χ4n) is 3.43. The van der Waals surface area contributed by atoms with E-state index in [0.29, 0.717) is 11.6 Å². The molecule has 1 aliphatic heterocycles. The molecule has 25 heavy (non-hydrogen) atoms. The molecule has 7 nitrogen and oxygen atoms in total. The lowest BCUT2D eigenvalue weighted by atomic mass is 10.1. The van der Waals surface area contributed by atoms with Crippen molar-refractivity contribution in [3.63, 3.8) is 0 Å². The van der Waals surface area contributed by atoms with Crippen LogP contribution in [-0.2, 0) is 9.59 Å². The molecular formula is C18H23N3O4. The van der Waals surface area contributed by atoms with Crippen LogP contribution in [0.5, 0.6) is 0 Å². The molecule has 0 spiro atoms. The first-order valence-corrected chi connectivity index (χ1v) is 8.80. The molecule has 0 bridgehead atoms. The van der Waals surface area contributed by atoms with E-state index in [-0.39, 0.29) is 11.6 Å². The van der Waals surface area contributed by atoms with Crippen molar-refractivity contribution >= 4 is 29.8 Å². The van der Waals surface area contributed by atoms with Gasteiger partial charge in [0.05, 0.1) is 0 Å². The Balaban J connectivity index is 1.86.